The maximum Gasteiger partial charge on any atom is 0.331 e. The number of carbonyl (C=O) groups is 2. The van der Waals surface area contributed by atoms with Crippen LogP contribution in [0.5, 0.6) is 11.5 Å². The number of rotatable bonds is 7. The van der Waals surface area contributed by atoms with E-state index in [1.54, 1.807) is 18.2 Å². The van der Waals surface area contributed by atoms with Crippen molar-refractivity contribution in [2.75, 3.05) is 20.8 Å². The molecule has 29 heavy (non-hydrogen) atoms. The number of ether oxygens (including phenoxy) is 3. The van der Waals surface area contributed by atoms with E-state index in [2.05, 4.69) is 0 Å². The van der Waals surface area contributed by atoms with Gasteiger partial charge in [0.15, 0.2) is 23.9 Å². The topological polar surface area (TPSA) is 61.8 Å². The molecule has 0 unspecified atom stereocenters. The SMILES string of the molecule is COc1cc(C=CC(=O)OCC(=O)C23CC4CC(CC(C4)C2)C3)cc(Cl)c1OC. The summed E-state index contributed by atoms with van der Waals surface area (Å²) in [5.41, 5.74) is 0.437. The predicted molar refractivity (Wildman–Crippen MR) is 110 cm³/mol. The molecule has 4 fully saturated rings. The van der Waals surface area contributed by atoms with Crippen molar-refractivity contribution in [3.05, 3.63) is 28.8 Å². The summed E-state index contributed by atoms with van der Waals surface area (Å²) in [4.78, 5) is 25.1. The Morgan fingerprint density at radius 3 is 2.24 bits per heavy atom. The molecule has 0 N–H and O–H groups in total. The molecule has 4 bridgehead atoms. The molecular weight excluding hydrogens is 392 g/mol. The van der Waals surface area contributed by atoms with Crippen molar-refractivity contribution < 1.29 is 23.8 Å². The van der Waals surface area contributed by atoms with Crippen LogP contribution < -0.4 is 9.47 Å². The van der Waals surface area contributed by atoms with Crippen LogP contribution in [0.3, 0.4) is 0 Å². The Morgan fingerprint density at radius 2 is 1.69 bits per heavy atom. The van der Waals surface area contributed by atoms with Crippen molar-refractivity contribution in [3.63, 3.8) is 0 Å². The van der Waals surface area contributed by atoms with Gasteiger partial charge < -0.3 is 14.2 Å². The summed E-state index contributed by atoms with van der Waals surface area (Å²) in [6, 6.07) is 3.39. The number of esters is 1. The maximum absolute atomic E-state index is 12.9. The Balaban J connectivity index is 1.36. The van der Waals surface area contributed by atoms with Crippen LogP contribution in [-0.2, 0) is 14.3 Å². The monoisotopic (exact) mass is 418 g/mol. The van der Waals surface area contributed by atoms with E-state index in [1.807, 2.05) is 0 Å². The van der Waals surface area contributed by atoms with Crippen molar-refractivity contribution in [2.45, 2.75) is 38.5 Å². The molecule has 0 aromatic heterocycles. The molecule has 0 aliphatic heterocycles. The van der Waals surface area contributed by atoms with Crippen molar-refractivity contribution in [1.82, 2.24) is 0 Å². The first-order chi connectivity index (χ1) is 13.9. The fourth-order valence-corrected chi connectivity index (χ4v) is 6.28. The second kappa shape index (κ2) is 8.02. The van der Waals surface area contributed by atoms with Gasteiger partial charge in [-0.15, -0.1) is 0 Å². The molecule has 4 saturated carbocycles. The summed E-state index contributed by atoms with van der Waals surface area (Å²) in [7, 11) is 3.03. The highest BCUT2D eigenvalue weighted by molar-refractivity contribution is 6.32. The van der Waals surface area contributed by atoms with Gasteiger partial charge >= 0.3 is 5.97 Å². The molecule has 156 valence electrons. The third-order valence-electron chi connectivity index (χ3n) is 6.84. The minimum absolute atomic E-state index is 0.104. The van der Waals surface area contributed by atoms with Crippen molar-refractivity contribution in [1.29, 1.82) is 0 Å². The van der Waals surface area contributed by atoms with Gasteiger partial charge in [-0.05, 0) is 80.1 Å². The highest BCUT2D eigenvalue weighted by atomic mass is 35.5. The van der Waals surface area contributed by atoms with E-state index in [4.69, 9.17) is 25.8 Å². The lowest BCUT2D eigenvalue weighted by atomic mass is 9.48. The predicted octanol–water partition coefficient (Wildman–Crippen LogP) is 4.70. The molecular formula is C23H27ClO5. The molecule has 6 heteroatoms. The van der Waals surface area contributed by atoms with Crippen LogP contribution in [0.1, 0.15) is 44.1 Å². The Morgan fingerprint density at radius 1 is 1.07 bits per heavy atom. The van der Waals surface area contributed by atoms with Crippen LogP contribution in [0.4, 0.5) is 0 Å². The highest BCUT2D eigenvalue weighted by Crippen LogP contribution is 2.60. The lowest BCUT2D eigenvalue weighted by Crippen LogP contribution is -2.51. The third-order valence-corrected chi connectivity index (χ3v) is 7.12. The van der Waals surface area contributed by atoms with Crippen molar-refractivity contribution in [2.24, 2.45) is 23.2 Å². The summed E-state index contributed by atoms with van der Waals surface area (Å²) < 4.78 is 15.7. The minimum atomic E-state index is -0.533. The summed E-state index contributed by atoms with van der Waals surface area (Å²) >= 11 is 6.18. The molecule has 0 atom stereocenters. The molecule has 0 heterocycles. The summed E-state index contributed by atoms with van der Waals surface area (Å²) in [6.45, 7) is -0.137. The summed E-state index contributed by atoms with van der Waals surface area (Å²) in [6.07, 6.45) is 9.69. The van der Waals surface area contributed by atoms with Gasteiger partial charge in [0.05, 0.1) is 19.2 Å². The van der Waals surface area contributed by atoms with Crippen LogP contribution in [0.15, 0.2) is 18.2 Å². The largest absolute Gasteiger partial charge is 0.493 e. The molecule has 1 aromatic carbocycles. The van der Waals surface area contributed by atoms with Crippen LogP contribution in [-0.4, -0.2) is 32.6 Å². The highest BCUT2D eigenvalue weighted by Gasteiger charge is 2.54. The number of hydrogen-bond acceptors (Lipinski definition) is 5. The van der Waals surface area contributed by atoms with E-state index in [0.717, 1.165) is 19.3 Å². The van der Waals surface area contributed by atoms with Gasteiger partial charge in [-0.1, -0.05) is 11.6 Å². The van der Waals surface area contributed by atoms with Gasteiger partial charge in [-0.3, -0.25) is 4.79 Å². The quantitative estimate of drug-likeness (QED) is 0.474. The van der Waals surface area contributed by atoms with E-state index in [-0.39, 0.29) is 17.8 Å². The van der Waals surface area contributed by atoms with Gasteiger partial charge in [0.2, 0.25) is 0 Å². The lowest BCUT2D eigenvalue weighted by molar-refractivity contribution is -0.155. The van der Waals surface area contributed by atoms with Gasteiger partial charge in [0.25, 0.3) is 0 Å². The first kappa shape index (κ1) is 20.3. The van der Waals surface area contributed by atoms with Gasteiger partial charge in [0.1, 0.15) is 0 Å². The second-order valence-electron chi connectivity index (χ2n) is 8.80. The van der Waals surface area contributed by atoms with E-state index < -0.39 is 5.97 Å². The molecule has 0 saturated heterocycles. The Bertz CT molecular complexity index is 809. The fourth-order valence-electron chi connectivity index (χ4n) is 5.99. The fraction of sp³-hybridized carbons (Fsp3) is 0.565. The van der Waals surface area contributed by atoms with Gasteiger partial charge in [0, 0.05) is 11.5 Å². The molecule has 0 spiro atoms. The number of carbonyl (C=O) groups excluding carboxylic acids is 2. The van der Waals surface area contributed by atoms with Crippen molar-refractivity contribution >= 4 is 29.4 Å². The summed E-state index contributed by atoms with van der Waals surface area (Å²) in [5.74, 6) is 2.56. The summed E-state index contributed by atoms with van der Waals surface area (Å²) in [5, 5.41) is 0.386. The number of hydrogen-bond donors (Lipinski definition) is 0. The molecule has 5 rings (SSSR count). The molecule has 4 aliphatic rings. The van der Waals surface area contributed by atoms with Crippen molar-refractivity contribution in [3.8, 4) is 11.5 Å². The lowest BCUT2D eigenvalue weighted by Gasteiger charge is -2.55. The van der Waals surface area contributed by atoms with E-state index in [9.17, 15) is 9.59 Å². The zero-order valence-electron chi connectivity index (χ0n) is 16.9. The van der Waals surface area contributed by atoms with Crippen LogP contribution in [0.2, 0.25) is 5.02 Å². The van der Waals surface area contributed by atoms with E-state index >= 15 is 0 Å². The Kier molecular flexibility index (Phi) is 5.60. The number of ketones is 1. The number of Topliss-reactive ketones (excluding diaryl/α,β-unsaturated/α-hetero) is 1. The van der Waals surface area contributed by atoms with E-state index in [1.165, 1.54) is 39.6 Å². The van der Waals surface area contributed by atoms with Crippen LogP contribution >= 0.6 is 11.6 Å². The van der Waals surface area contributed by atoms with Crippen LogP contribution in [0.25, 0.3) is 6.08 Å². The first-order valence-corrected chi connectivity index (χ1v) is 10.6. The van der Waals surface area contributed by atoms with Gasteiger partial charge in [-0.25, -0.2) is 4.79 Å². The number of methoxy groups -OCH3 is 2. The zero-order valence-corrected chi connectivity index (χ0v) is 17.7. The van der Waals surface area contributed by atoms with Crippen LogP contribution in [0, 0.1) is 23.2 Å². The minimum Gasteiger partial charge on any atom is -0.493 e. The number of halogens is 1. The average Bonchev–Trinajstić information content (AvgIpc) is 2.68. The normalized spacial score (nSPS) is 29.8. The third kappa shape index (κ3) is 4.02. The standard InChI is InChI=1S/C23H27ClO5/c1-27-19-9-14(8-18(24)22(19)28-2)3-4-21(26)29-13-20(25)23-10-15-5-16(11-23)7-17(6-15)12-23/h3-4,8-9,15-17H,5-7,10-13H2,1-2H3. The second-order valence-corrected chi connectivity index (χ2v) is 9.21. The zero-order chi connectivity index (χ0) is 20.6. The molecule has 0 radical (unpaired) electrons. The first-order valence-electron chi connectivity index (χ1n) is 10.2. The Hall–Kier alpha value is -2.01. The maximum atomic E-state index is 12.9. The molecule has 4 aliphatic carbocycles. The average molecular weight is 419 g/mol. The number of benzene rings is 1. The molecule has 1 aromatic rings. The molecule has 5 nitrogen and oxygen atoms in total. The Labute approximate surface area is 176 Å². The van der Waals surface area contributed by atoms with Gasteiger partial charge in [-0.2, -0.15) is 0 Å². The smallest absolute Gasteiger partial charge is 0.331 e. The molecule has 0 amide bonds. The van der Waals surface area contributed by atoms with E-state index in [0.29, 0.717) is 39.8 Å².